The molecule has 0 bridgehead atoms. The summed E-state index contributed by atoms with van der Waals surface area (Å²) in [5.74, 6) is -0.632. The standard InChI is InChI=1S/C17H24N2O4/c1-17(2,3)22-16(21)19(12-13-7-5-4-6-8-13)23-15(20)14-9-10-18-11-14/h4-8,14,18H,9-12H2,1-3H3. The SMILES string of the molecule is CC(C)(C)OC(=O)N(Cc1ccccc1)OC(=O)C1CCNC1. The lowest BCUT2D eigenvalue weighted by molar-refractivity contribution is -0.191. The van der Waals surface area contributed by atoms with E-state index in [1.54, 1.807) is 20.8 Å². The summed E-state index contributed by atoms with van der Waals surface area (Å²) in [5, 5.41) is 4.11. The van der Waals surface area contributed by atoms with Gasteiger partial charge in [0.25, 0.3) is 0 Å². The van der Waals surface area contributed by atoms with Crippen LogP contribution in [0.3, 0.4) is 0 Å². The monoisotopic (exact) mass is 320 g/mol. The number of nitrogens with zero attached hydrogens (tertiary/aromatic N) is 1. The number of hydrogen-bond donors (Lipinski definition) is 1. The Labute approximate surface area is 136 Å². The molecule has 6 nitrogen and oxygen atoms in total. The van der Waals surface area contributed by atoms with Gasteiger partial charge in [0, 0.05) is 6.54 Å². The van der Waals surface area contributed by atoms with E-state index in [1.807, 2.05) is 30.3 Å². The van der Waals surface area contributed by atoms with Gasteiger partial charge in [-0.25, -0.2) is 9.59 Å². The van der Waals surface area contributed by atoms with Crippen molar-refractivity contribution < 1.29 is 19.2 Å². The van der Waals surface area contributed by atoms with Gasteiger partial charge in [0.2, 0.25) is 0 Å². The van der Waals surface area contributed by atoms with E-state index in [0.29, 0.717) is 13.0 Å². The second-order valence-corrected chi connectivity index (χ2v) is 6.60. The molecule has 1 amide bonds. The Hall–Kier alpha value is -2.08. The van der Waals surface area contributed by atoms with Crippen LogP contribution < -0.4 is 5.32 Å². The van der Waals surface area contributed by atoms with Crippen LogP contribution in [-0.4, -0.2) is 35.8 Å². The minimum absolute atomic E-state index is 0.154. The van der Waals surface area contributed by atoms with Crippen LogP contribution in [-0.2, 0) is 20.9 Å². The van der Waals surface area contributed by atoms with Crippen LogP contribution in [0, 0.1) is 5.92 Å². The summed E-state index contributed by atoms with van der Waals surface area (Å²) in [5.41, 5.74) is 0.198. The van der Waals surface area contributed by atoms with Crippen LogP contribution >= 0.6 is 0 Å². The van der Waals surface area contributed by atoms with E-state index in [0.717, 1.165) is 17.2 Å². The third-order valence-electron chi connectivity index (χ3n) is 3.36. The van der Waals surface area contributed by atoms with Gasteiger partial charge in [-0.05, 0) is 39.3 Å². The maximum atomic E-state index is 12.3. The highest BCUT2D eigenvalue weighted by atomic mass is 16.8. The fraction of sp³-hybridized carbons (Fsp3) is 0.529. The van der Waals surface area contributed by atoms with Crippen LogP contribution in [0.4, 0.5) is 4.79 Å². The van der Waals surface area contributed by atoms with E-state index in [2.05, 4.69) is 5.32 Å². The fourth-order valence-corrected chi connectivity index (χ4v) is 2.24. The quantitative estimate of drug-likeness (QED) is 0.867. The van der Waals surface area contributed by atoms with Crippen molar-refractivity contribution in [2.24, 2.45) is 5.92 Å². The minimum Gasteiger partial charge on any atom is -0.442 e. The molecule has 2 rings (SSSR count). The summed E-state index contributed by atoms with van der Waals surface area (Å²) in [6.45, 7) is 6.83. The van der Waals surface area contributed by atoms with E-state index < -0.39 is 17.7 Å². The first kappa shape index (κ1) is 17.3. The number of hydrogen-bond acceptors (Lipinski definition) is 5. The summed E-state index contributed by atoms with van der Waals surface area (Å²) in [6, 6.07) is 9.35. The molecular weight excluding hydrogens is 296 g/mol. The maximum absolute atomic E-state index is 12.3. The number of amides is 1. The van der Waals surface area contributed by atoms with Crippen molar-refractivity contribution in [3.63, 3.8) is 0 Å². The Kier molecular flexibility index (Phi) is 5.60. The van der Waals surface area contributed by atoms with Crippen LogP contribution in [0.2, 0.25) is 0 Å². The van der Waals surface area contributed by atoms with E-state index in [1.165, 1.54) is 0 Å². The lowest BCUT2D eigenvalue weighted by Gasteiger charge is -2.26. The highest BCUT2D eigenvalue weighted by molar-refractivity contribution is 5.75. The zero-order valence-corrected chi connectivity index (χ0v) is 13.9. The minimum atomic E-state index is -0.666. The molecule has 0 saturated carbocycles. The first-order valence-electron chi connectivity index (χ1n) is 7.82. The van der Waals surface area contributed by atoms with Crippen molar-refractivity contribution in [1.29, 1.82) is 0 Å². The highest BCUT2D eigenvalue weighted by Gasteiger charge is 2.30. The molecule has 0 aliphatic carbocycles. The van der Waals surface area contributed by atoms with Gasteiger partial charge in [-0.2, -0.15) is 0 Å². The number of carbonyl (C=O) groups is 2. The van der Waals surface area contributed by atoms with E-state index in [4.69, 9.17) is 9.57 Å². The normalized spacial score (nSPS) is 17.6. The lowest BCUT2D eigenvalue weighted by atomic mass is 10.1. The summed E-state index contributed by atoms with van der Waals surface area (Å²) >= 11 is 0. The number of ether oxygens (including phenoxy) is 1. The average Bonchev–Trinajstić information content (AvgIpc) is 3.00. The molecule has 1 heterocycles. The predicted molar refractivity (Wildman–Crippen MR) is 85.3 cm³/mol. The second-order valence-electron chi connectivity index (χ2n) is 6.60. The van der Waals surface area contributed by atoms with E-state index >= 15 is 0 Å². The average molecular weight is 320 g/mol. The van der Waals surface area contributed by atoms with Gasteiger partial charge in [-0.3, -0.25) is 0 Å². The lowest BCUT2D eigenvalue weighted by Crippen LogP contribution is -2.39. The predicted octanol–water partition coefficient (Wildman–Crippen LogP) is 2.49. The Balaban J connectivity index is 2.06. The molecule has 1 N–H and O–H groups in total. The number of hydroxylamine groups is 2. The Morgan fingerprint density at radius 2 is 1.96 bits per heavy atom. The molecule has 6 heteroatoms. The van der Waals surface area contributed by atoms with Gasteiger partial charge in [-0.1, -0.05) is 30.3 Å². The maximum Gasteiger partial charge on any atom is 0.444 e. The van der Waals surface area contributed by atoms with Crippen molar-refractivity contribution in [2.75, 3.05) is 13.1 Å². The molecule has 1 aromatic carbocycles. The molecule has 126 valence electrons. The van der Waals surface area contributed by atoms with Crippen LogP contribution in [0.1, 0.15) is 32.8 Å². The largest absolute Gasteiger partial charge is 0.444 e. The van der Waals surface area contributed by atoms with Gasteiger partial charge < -0.3 is 14.9 Å². The molecule has 1 atom stereocenters. The molecule has 1 aliphatic rings. The molecule has 1 unspecified atom stereocenters. The molecule has 1 aromatic rings. The Morgan fingerprint density at radius 1 is 1.26 bits per heavy atom. The van der Waals surface area contributed by atoms with Gasteiger partial charge in [0.15, 0.2) is 0 Å². The third-order valence-corrected chi connectivity index (χ3v) is 3.36. The highest BCUT2D eigenvalue weighted by Crippen LogP contribution is 2.16. The number of rotatable bonds is 3. The van der Waals surface area contributed by atoms with Gasteiger partial charge in [0.1, 0.15) is 5.60 Å². The van der Waals surface area contributed by atoms with Gasteiger partial charge in [0.05, 0.1) is 12.5 Å². The number of nitrogens with one attached hydrogen (secondary N) is 1. The zero-order chi connectivity index (χ0) is 16.9. The van der Waals surface area contributed by atoms with Crippen molar-refractivity contribution in [1.82, 2.24) is 10.4 Å². The fourth-order valence-electron chi connectivity index (χ4n) is 2.24. The van der Waals surface area contributed by atoms with Crippen LogP contribution in [0.25, 0.3) is 0 Å². The molecule has 1 saturated heterocycles. The van der Waals surface area contributed by atoms with Crippen molar-refractivity contribution in [2.45, 2.75) is 39.3 Å². The van der Waals surface area contributed by atoms with Crippen LogP contribution in [0.15, 0.2) is 30.3 Å². The molecule has 1 aliphatic heterocycles. The number of carbonyl (C=O) groups excluding carboxylic acids is 2. The zero-order valence-electron chi connectivity index (χ0n) is 13.9. The third kappa shape index (κ3) is 5.56. The summed E-state index contributed by atoms with van der Waals surface area (Å²) in [6.07, 6.45) is 0.0486. The van der Waals surface area contributed by atoms with Crippen molar-refractivity contribution in [3.05, 3.63) is 35.9 Å². The first-order chi connectivity index (χ1) is 10.8. The Morgan fingerprint density at radius 3 is 2.52 bits per heavy atom. The summed E-state index contributed by atoms with van der Waals surface area (Å²) in [4.78, 5) is 29.9. The summed E-state index contributed by atoms with van der Waals surface area (Å²) in [7, 11) is 0. The number of benzene rings is 1. The summed E-state index contributed by atoms with van der Waals surface area (Å²) < 4.78 is 5.33. The smallest absolute Gasteiger partial charge is 0.442 e. The van der Waals surface area contributed by atoms with E-state index in [9.17, 15) is 9.59 Å². The molecule has 0 spiro atoms. The molecule has 23 heavy (non-hydrogen) atoms. The molecular formula is C17H24N2O4. The molecule has 0 radical (unpaired) electrons. The second kappa shape index (κ2) is 7.46. The molecule has 0 aromatic heterocycles. The van der Waals surface area contributed by atoms with Gasteiger partial charge >= 0.3 is 12.1 Å². The van der Waals surface area contributed by atoms with Crippen molar-refractivity contribution >= 4 is 12.1 Å². The van der Waals surface area contributed by atoms with Crippen molar-refractivity contribution in [3.8, 4) is 0 Å². The first-order valence-corrected chi connectivity index (χ1v) is 7.82. The molecule has 1 fully saturated rings. The topological polar surface area (TPSA) is 67.9 Å². The Bertz CT molecular complexity index is 533. The van der Waals surface area contributed by atoms with Crippen LogP contribution in [0.5, 0.6) is 0 Å². The van der Waals surface area contributed by atoms with E-state index in [-0.39, 0.29) is 12.5 Å². The van der Waals surface area contributed by atoms with Gasteiger partial charge in [-0.15, -0.1) is 5.06 Å².